The fourth-order valence-corrected chi connectivity index (χ4v) is 5.66. The Morgan fingerprint density at radius 2 is 1.93 bits per heavy atom. The van der Waals surface area contributed by atoms with E-state index in [-0.39, 0.29) is 35.3 Å². The van der Waals surface area contributed by atoms with Crippen molar-refractivity contribution in [2.24, 2.45) is 0 Å². The highest BCUT2D eigenvalue weighted by molar-refractivity contribution is 7.89. The zero-order valence-electron chi connectivity index (χ0n) is 15.4. The van der Waals surface area contributed by atoms with Crippen molar-refractivity contribution in [3.05, 3.63) is 53.7 Å². The van der Waals surface area contributed by atoms with Gasteiger partial charge in [0, 0.05) is 32.5 Å². The average molecular weight is 408 g/mol. The third-order valence-electron chi connectivity index (χ3n) is 5.40. The molecule has 0 aliphatic carbocycles. The number of halogens is 1. The number of benzene rings is 1. The van der Waals surface area contributed by atoms with E-state index in [4.69, 9.17) is 9.15 Å². The predicted octanol–water partition coefficient (Wildman–Crippen LogP) is 2.38. The van der Waals surface area contributed by atoms with E-state index in [0.717, 1.165) is 6.07 Å². The van der Waals surface area contributed by atoms with E-state index in [1.54, 1.807) is 17.0 Å². The second-order valence-electron chi connectivity index (χ2n) is 7.05. The number of hydrogen-bond donors (Lipinski definition) is 0. The number of rotatable bonds is 3. The first-order valence-corrected chi connectivity index (χ1v) is 10.5. The van der Waals surface area contributed by atoms with Gasteiger partial charge in [0.25, 0.3) is 5.91 Å². The fourth-order valence-electron chi connectivity index (χ4n) is 3.85. The van der Waals surface area contributed by atoms with Gasteiger partial charge in [0.1, 0.15) is 11.5 Å². The lowest BCUT2D eigenvalue weighted by atomic mass is 10.0. The van der Waals surface area contributed by atoms with Gasteiger partial charge in [-0.2, -0.15) is 4.31 Å². The quantitative estimate of drug-likeness (QED) is 0.779. The summed E-state index contributed by atoms with van der Waals surface area (Å²) < 4.78 is 52.4. The Kier molecular flexibility index (Phi) is 4.76. The molecule has 7 nitrogen and oxygen atoms in total. The van der Waals surface area contributed by atoms with Crippen molar-refractivity contribution in [1.82, 2.24) is 9.21 Å². The van der Waals surface area contributed by atoms with Crippen molar-refractivity contribution in [2.75, 3.05) is 26.2 Å². The number of carbonyl (C=O) groups is 1. The van der Waals surface area contributed by atoms with Crippen LogP contribution in [0.25, 0.3) is 0 Å². The number of amides is 1. The molecule has 9 heteroatoms. The van der Waals surface area contributed by atoms with Crippen molar-refractivity contribution in [1.29, 1.82) is 0 Å². The molecule has 1 aromatic carbocycles. The number of likely N-dealkylation sites (tertiary alicyclic amines) is 1. The van der Waals surface area contributed by atoms with E-state index >= 15 is 0 Å². The SMILES string of the molecule is Cc1cc(S(=O)(=O)N2CCOC23CCN(C(=O)c2ccco2)CC3)ccc1F. The molecular formula is C19H21FN2O5S. The van der Waals surface area contributed by atoms with Crippen molar-refractivity contribution in [3.63, 3.8) is 0 Å². The molecule has 1 aromatic heterocycles. The molecule has 0 atom stereocenters. The van der Waals surface area contributed by atoms with E-state index in [1.165, 1.54) is 29.6 Å². The van der Waals surface area contributed by atoms with Gasteiger partial charge >= 0.3 is 0 Å². The number of piperidine rings is 1. The number of aryl methyl sites for hydroxylation is 1. The van der Waals surface area contributed by atoms with Crippen molar-refractivity contribution in [3.8, 4) is 0 Å². The minimum Gasteiger partial charge on any atom is -0.459 e. The second-order valence-corrected chi connectivity index (χ2v) is 8.91. The maximum atomic E-state index is 13.6. The molecule has 0 bridgehead atoms. The molecule has 0 saturated carbocycles. The Balaban J connectivity index is 1.55. The van der Waals surface area contributed by atoms with Crippen LogP contribution in [0, 0.1) is 12.7 Å². The highest BCUT2D eigenvalue weighted by Gasteiger charge is 2.51. The van der Waals surface area contributed by atoms with Crippen LogP contribution in [0.15, 0.2) is 45.9 Å². The summed E-state index contributed by atoms with van der Waals surface area (Å²) in [5, 5.41) is 0. The van der Waals surface area contributed by atoms with Gasteiger partial charge < -0.3 is 14.1 Å². The topological polar surface area (TPSA) is 80.1 Å². The maximum absolute atomic E-state index is 13.6. The molecule has 2 aliphatic heterocycles. The van der Waals surface area contributed by atoms with E-state index in [1.807, 2.05) is 0 Å². The van der Waals surface area contributed by atoms with Crippen molar-refractivity contribution >= 4 is 15.9 Å². The minimum atomic E-state index is -3.85. The van der Waals surface area contributed by atoms with Crippen LogP contribution in [0.3, 0.4) is 0 Å². The van der Waals surface area contributed by atoms with E-state index in [9.17, 15) is 17.6 Å². The highest BCUT2D eigenvalue weighted by atomic mass is 32.2. The van der Waals surface area contributed by atoms with Gasteiger partial charge in [-0.15, -0.1) is 0 Å². The van der Waals surface area contributed by atoms with Gasteiger partial charge in [-0.3, -0.25) is 4.79 Å². The van der Waals surface area contributed by atoms with Crippen LogP contribution >= 0.6 is 0 Å². The Morgan fingerprint density at radius 3 is 2.57 bits per heavy atom. The zero-order valence-corrected chi connectivity index (χ0v) is 16.2. The molecule has 4 rings (SSSR count). The van der Waals surface area contributed by atoms with E-state index < -0.39 is 21.6 Å². The summed E-state index contributed by atoms with van der Waals surface area (Å²) in [6.45, 7) is 2.75. The smallest absolute Gasteiger partial charge is 0.289 e. The van der Waals surface area contributed by atoms with Crippen LogP contribution in [0.5, 0.6) is 0 Å². The molecule has 0 unspecified atom stereocenters. The number of carbonyl (C=O) groups excluding carboxylic acids is 1. The summed E-state index contributed by atoms with van der Waals surface area (Å²) in [6.07, 6.45) is 2.16. The number of nitrogens with zero attached hydrogens (tertiary/aromatic N) is 2. The van der Waals surface area contributed by atoms with Crippen molar-refractivity contribution < 1.29 is 26.8 Å². The van der Waals surface area contributed by atoms with Crippen LogP contribution in [-0.4, -0.2) is 55.5 Å². The van der Waals surface area contributed by atoms with E-state index in [0.29, 0.717) is 25.9 Å². The fraction of sp³-hybridized carbons (Fsp3) is 0.421. The van der Waals surface area contributed by atoms with Crippen LogP contribution < -0.4 is 0 Å². The van der Waals surface area contributed by atoms with Crippen LogP contribution in [0.1, 0.15) is 29.0 Å². The normalized spacial score (nSPS) is 20.0. The van der Waals surface area contributed by atoms with Crippen LogP contribution in [0.4, 0.5) is 4.39 Å². The summed E-state index contributed by atoms with van der Waals surface area (Å²) in [5.41, 5.74) is -0.713. The molecule has 0 N–H and O–H groups in total. The highest BCUT2D eigenvalue weighted by Crippen LogP contribution is 2.38. The summed E-state index contributed by atoms with van der Waals surface area (Å²) in [7, 11) is -3.85. The second kappa shape index (κ2) is 6.98. The van der Waals surface area contributed by atoms with Gasteiger partial charge in [0.05, 0.1) is 17.8 Å². The minimum absolute atomic E-state index is 0.0466. The molecular weight excluding hydrogens is 387 g/mol. The first-order valence-electron chi connectivity index (χ1n) is 9.09. The third-order valence-corrected chi connectivity index (χ3v) is 7.35. The van der Waals surface area contributed by atoms with Crippen molar-refractivity contribution in [2.45, 2.75) is 30.4 Å². The maximum Gasteiger partial charge on any atom is 0.289 e. The molecule has 3 heterocycles. The molecule has 0 radical (unpaired) electrons. The van der Waals surface area contributed by atoms with Gasteiger partial charge in [0.15, 0.2) is 5.76 Å². The largest absolute Gasteiger partial charge is 0.459 e. The van der Waals surface area contributed by atoms with Crippen LogP contribution in [0.2, 0.25) is 0 Å². The molecule has 2 fully saturated rings. The molecule has 28 heavy (non-hydrogen) atoms. The summed E-state index contributed by atoms with van der Waals surface area (Å²) in [4.78, 5) is 14.1. The number of hydrogen-bond acceptors (Lipinski definition) is 5. The van der Waals surface area contributed by atoms with Gasteiger partial charge in [-0.1, -0.05) is 0 Å². The number of sulfonamides is 1. The average Bonchev–Trinajstić information content (AvgIpc) is 3.35. The summed E-state index contributed by atoms with van der Waals surface area (Å²) >= 11 is 0. The lowest BCUT2D eigenvalue weighted by Crippen LogP contribution is -2.55. The molecule has 1 spiro atoms. The van der Waals surface area contributed by atoms with Gasteiger partial charge in [0.2, 0.25) is 10.0 Å². The first kappa shape index (κ1) is 19.1. The molecule has 2 aliphatic rings. The van der Waals surface area contributed by atoms with Gasteiger partial charge in [-0.25, -0.2) is 12.8 Å². The van der Waals surface area contributed by atoms with Gasteiger partial charge in [-0.05, 0) is 42.8 Å². The molecule has 1 amide bonds. The monoisotopic (exact) mass is 408 g/mol. The lowest BCUT2D eigenvalue weighted by Gasteiger charge is -2.42. The lowest BCUT2D eigenvalue weighted by molar-refractivity contribution is -0.0859. The summed E-state index contributed by atoms with van der Waals surface area (Å²) in [6, 6.07) is 7.03. The third kappa shape index (κ3) is 3.13. The first-order chi connectivity index (χ1) is 13.3. The number of furan rings is 1. The Morgan fingerprint density at radius 1 is 1.18 bits per heavy atom. The standard InChI is InChI=1S/C19H21FN2O5S/c1-14-13-15(4-5-16(14)20)28(24,25)22-10-12-27-19(22)6-8-21(9-7-19)18(23)17-3-2-11-26-17/h2-5,11,13H,6-10,12H2,1H3. The van der Waals surface area contributed by atoms with Crippen LogP contribution in [-0.2, 0) is 14.8 Å². The molecule has 150 valence electrons. The Bertz CT molecular complexity index is 982. The number of ether oxygens (including phenoxy) is 1. The van der Waals surface area contributed by atoms with E-state index in [2.05, 4.69) is 0 Å². The molecule has 2 aromatic rings. The Labute approximate surface area is 162 Å². The molecule has 2 saturated heterocycles. The summed E-state index contributed by atoms with van der Waals surface area (Å²) in [5.74, 6) is -0.410. The Hall–Kier alpha value is -2.23. The predicted molar refractivity (Wildman–Crippen MR) is 97.6 cm³/mol. The zero-order chi connectivity index (χ0) is 19.9.